The van der Waals surface area contributed by atoms with Crippen LogP contribution in [0.15, 0.2) is 109 Å². The first-order valence-corrected chi connectivity index (χ1v) is 9.15. The number of para-hydroxylation sites is 2. The zero-order valence-electron chi connectivity index (χ0n) is 14.8. The standard InChI is InChI=1S/C26H18N/c1-3-13-22(14-4-1)27(23-15-5-2-6-16-23)26-24-17-9-7-11-20(24)19-21-12-8-10-18-25(21)26/h1-18H. The summed E-state index contributed by atoms with van der Waals surface area (Å²) in [5.74, 6) is 0. The molecule has 0 N–H and O–H groups in total. The zero-order valence-corrected chi connectivity index (χ0v) is 14.8. The molecule has 0 heterocycles. The Morgan fingerprint density at radius 2 is 0.852 bits per heavy atom. The first-order chi connectivity index (χ1) is 13.4. The Kier molecular flexibility index (Phi) is 3.84. The Hall–Kier alpha value is -3.58. The van der Waals surface area contributed by atoms with E-state index < -0.39 is 0 Å². The van der Waals surface area contributed by atoms with Gasteiger partial charge >= 0.3 is 0 Å². The van der Waals surface area contributed by atoms with Crippen LogP contribution in [0.5, 0.6) is 0 Å². The normalized spacial score (nSPS) is 11.0. The average Bonchev–Trinajstić information content (AvgIpc) is 2.75. The van der Waals surface area contributed by atoms with E-state index in [1.165, 1.54) is 16.5 Å². The largest absolute Gasteiger partial charge is 0.309 e. The van der Waals surface area contributed by atoms with E-state index >= 15 is 0 Å². The van der Waals surface area contributed by atoms with Gasteiger partial charge in [0, 0.05) is 22.1 Å². The van der Waals surface area contributed by atoms with Crippen molar-refractivity contribution in [2.45, 2.75) is 0 Å². The van der Waals surface area contributed by atoms with Crippen LogP contribution < -0.4 is 4.90 Å². The van der Waals surface area contributed by atoms with Gasteiger partial charge in [-0.2, -0.15) is 0 Å². The van der Waals surface area contributed by atoms with Crippen LogP contribution in [0.1, 0.15) is 0 Å². The van der Waals surface area contributed by atoms with E-state index in [9.17, 15) is 0 Å². The Labute approximate surface area is 159 Å². The Morgan fingerprint density at radius 1 is 0.444 bits per heavy atom. The topological polar surface area (TPSA) is 3.24 Å². The minimum atomic E-state index is 1.13. The van der Waals surface area contributed by atoms with E-state index in [0.717, 1.165) is 22.1 Å². The fourth-order valence-corrected chi connectivity index (χ4v) is 3.69. The van der Waals surface area contributed by atoms with Crippen LogP contribution in [0.2, 0.25) is 0 Å². The highest BCUT2D eigenvalue weighted by Gasteiger charge is 2.18. The van der Waals surface area contributed by atoms with Gasteiger partial charge in [0.2, 0.25) is 0 Å². The van der Waals surface area contributed by atoms with E-state index in [-0.39, 0.29) is 0 Å². The average molecular weight is 344 g/mol. The molecule has 0 spiro atoms. The third-order valence-electron chi connectivity index (χ3n) is 4.89. The molecule has 0 aliphatic heterocycles. The molecular formula is C26H18N. The highest BCUT2D eigenvalue weighted by atomic mass is 15.1. The molecule has 1 nitrogen and oxygen atoms in total. The molecule has 0 aliphatic rings. The van der Waals surface area contributed by atoms with Crippen LogP contribution in [0.4, 0.5) is 17.1 Å². The molecule has 27 heavy (non-hydrogen) atoms. The molecule has 5 aromatic carbocycles. The van der Waals surface area contributed by atoms with Crippen molar-refractivity contribution in [2.75, 3.05) is 4.90 Å². The van der Waals surface area contributed by atoms with Crippen molar-refractivity contribution in [3.63, 3.8) is 0 Å². The Bertz CT molecular complexity index is 1120. The van der Waals surface area contributed by atoms with Crippen LogP contribution in [0.3, 0.4) is 0 Å². The number of hydrogen-bond donors (Lipinski definition) is 0. The second-order valence-electron chi connectivity index (χ2n) is 6.57. The van der Waals surface area contributed by atoms with E-state index in [4.69, 9.17) is 0 Å². The quantitative estimate of drug-likeness (QED) is 0.311. The number of fused-ring (bicyclic) bond motifs is 2. The number of nitrogens with zero attached hydrogens (tertiary/aromatic N) is 1. The van der Waals surface area contributed by atoms with Gasteiger partial charge in [0.25, 0.3) is 0 Å². The number of benzene rings is 5. The predicted molar refractivity (Wildman–Crippen MR) is 115 cm³/mol. The van der Waals surface area contributed by atoms with Gasteiger partial charge in [0.15, 0.2) is 0 Å². The first-order valence-electron chi connectivity index (χ1n) is 9.15. The second-order valence-corrected chi connectivity index (χ2v) is 6.57. The third kappa shape index (κ3) is 2.74. The van der Waals surface area contributed by atoms with Gasteiger partial charge in [-0.25, -0.2) is 0 Å². The lowest BCUT2D eigenvalue weighted by Gasteiger charge is -2.28. The van der Waals surface area contributed by atoms with Gasteiger partial charge in [-0.1, -0.05) is 84.9 Å². The molecular weight excluding hydrogens is 326 g/mol. The Morgan fingerprint density at radius 3 is 1.33 bits per heavy atom. The highest BCUT2D eigenvalue weighted by molar-refractivity contribution is 6.13. The van der Waals surface area contributed by atoms with Crippen molar-refractivity contribution in [1.82, 2.24) is 0 Å². The highest BCUT2D eigenvalue weighted by Crippen LogP contribution is 2.43. The van der Waals surface area contributed by atoms with Crippen molar-refractivity contribution in [3.05, 3.63) is 115 Å². The molecule has 0 aromatic heterocycles. The van der Waals surface area contributed by atoms with E-state index in [1.54, 1.807) is 0 Å². The van der Waals surface area contributed by atoms with Gasteiger partial charge in [-0.3, -0.25) is 0 Å². The minimum absolute atomic E-state index is 1.13. The molecule has 5 rings (SSSR count). The number of anilines is 3. The fraction of sp³-hybridized carbons (Fsp3) is 0. The molecule has 0 unspecified atom stereocenters. The van der Waals surface area contributed by atoms with Crippen LogP contribution >= 0.6 is 0 Å². The summed E-state index contributed by atoms with van der Waals surface area (Å²) in [4.78, 5) is 2.35. The summed E-state index contributed by atoms with van der Waals surface area (Å²) in [6, 6.07) is 41.7. The molecule has 127 valence electrons. The maximum Gasteiger partial charge on any atom is 0.0618 e. The maximum absolute atomic E-state index is 3.58. The summed E-state index contributed by atoms with van der Waals surface area (Å²) in [6.07, 6.45) is 0. The van der Waals surface area contributed by atoms with Gasteiger partial charge in [0.05, 0.1) is 5.69 Å². The van der Waals surface area contributed by atoms with Gasteiger partial charge in [-0.15, -0.1) is 0 Å². The first kappa shape index (κ1) is 15.7. The van der Waals surface area contributed by atoms with E-state index in [1.807, 2.05) is 0 Å². The van der Waals surface area contributed by atoms with Crippen LogP contribution in [-0.4, -0.2) is 0 Å². The van der Waals surface area contributed by atoms with E-state index in [2.05, 4.69) is 120 Å². The SMILES string of the molecule is [c]1c2ccccc2c(N(c2ccccc2)c2ccccc2)c2ccccc12. The molecule has 0 atom stereocenters. The van der Waals surface area contributed by atoms with Crippen molar-refractivity contribution in [2.24, 2.45) is 0 Å². The summed E-state index contributed by atoms with van der Waals surface area (Å²) in [6.45, 7) is 0. The maximum atomic E-state index is 3.58. The molecule has 0 saturated heterocycles. The molecule has 0 amide bonds. The number of hydrogen-bond acceptors (Lipinski definition) is 1. The Balaban J connectivity index is 1.92. The minimum Gasteiger partial charge on any atom is -0.309 e. The lowest BCUT2D eigenvalue weighted by Crippen LogP contribution is -2.11. The fourth-order valence-electron chi connectivity index (χ4n) is 3.69. The van der Waals surface area contributed by atoms with Crippen LogP contribution in [-0.2, 0) is 0 Å². The number of rotatable bonds is 3. The predicted octanol–water partition coefficient (Wildman–Crippen LogP) is 7.26. The lowest BCUT2D eigenvalue weighted by atomic mass is 9.99. The van der Waals surface area contributed by atoms with Crippen molar-refractivity contribution >= 4 is 38.6 Å². The monoisotopic (exact) mass is 344 g/mol. The molecule has 0 fully saturated rings. The van der Waals surface area contributed by atoms with Crippen LogP contribution in [0.25, 0.3) is 21.5 Å². The van der Waals surface area contributed by atoms with Crippen molar-refractivity contribution in [1.29, 1.82) is 0 Å². The zero-order chi connectivity index (χ0) is 18.1. The van der Waals surface area contributed by atoms with Gasteiger partial charge < -0.3 is 4.90 Å². The van der Waals surface area contributed by atoms with Crippen molar-refractivity contribution < 1.29 is 0 Å². The second kappa shape index (κ2) is 6.62. The molecule has 1 heteroatoms. The molecule has 1 radical (unpaired) electrons. The summed E-state index contributed by atoms with van der Waals surface area (Å²) < 4.78 is 0. The smallest absolute Gasteiger partial charge is 0.0618 e. The van der Waals surface area contributed by atoms with E-state index in [0.29, 0.717) is 0 Å². The molecule has 0 aliphatic carbocycles. The van der Waals surface area contributed by atoms with Crippen molar-refractivity contribution in [3.8, 4) is 0 Å². The lowest BCUT2D eigenvalue weighted by molar-refractivity contribution is 1.31. The molecule has 0 bridgehead atoms. The molecule has 0 saturated carbocycles. The molecule has 5 aromatic rings. The summed E-state index contributed by atoms with van der Waals surface area (Å²) in [7, 11) is 0. The summed E-state index contributed by atoms with van der Waals surface area (Å²) in [5, 5.41) is 4.65. The van der Waals surface area contributed by atoms with Crippen LogP contribution in [0, 0.1) is 6.07 Å². The summed E-state index contributed by atoms with van der Waals surface area (Å²) in [5.41, 5.74) is 3.48. The van der Waals surface area contributed by atoms with Gasteiger partial charge in [0.1, 0.15) is 0 Å². The third-order valence-corrected chi connectivity index (χ3v) is 4.89. The summed E-state index contributed by atoms with van der Waals surface area (Å²) >= 11 is 0. The van der Waals surface area contributed by atoms with Gasteiger partial charge in [-0.05, 0) is 41.1 Å².